The highest BCUT2D eigenvalue weighted by Gasteiger charge is 2.22. The molecule has 1 aromatic carbocycles. The molecule has 0 heterocycles. The van der Waals surface area contributed by atoms with Gasteiger partial charge in [-0.25, -0.2) is 0 Å². The zero-order valence-electron chi connectivity index (χ0n) is 14.1. The van der Waals surface area contributed by atoms with Crippen LogP contribution in [0.2, 0.25) is 0 Å². The first-order valence-electron chi connectivity index (χ1n) is 8.78. The summed E-state index contributed by atoms with van der Waals surface area (Å²) in [7, 11) is 0. The predicted octanol–water partition coefficient (Wildman–Crippen LogP) is 4.30. The second-order valence-electron chi connectivity index (χ2n) is 6.38. The van der Waals surface area contributed by atoms with Crippen molar-refractivity contribution in [2.45, 2.75) is 65.0 Å². The highest BCUT2D eigenvalue weighted by Crippen LogP contribution is 2.25. The Morgan fingerprint density at radius 2 is 1.81 bits per heavy atom. The smallest absolute Gasteiger partial charge is 0.0332 e. The Morgan fingerprint density at radius 3 is 2.38 bits per heavy atom. The van der Waals surface area contributed by atoms with Gasteiger partial charge in [0.15, 0.2) is 0 Å². The van der Waals surface area contributed by atoms with Crippen molar-refractivity contribution in [1.29, 1.82) is 0 Å². The molecule has 1 aromatic rings. The maximum Gasteiger partial charge on any atom is 0.0332 e. The Kier molecular flexibility index (Phi) is 6.72. The molecule has 118 valence electrons. The lowest BCUT2D eigenvalue weighted by atomic mass is 10.0. The molecular formula is C19H32N2. The van der Waals surface area contributed by atoms with Crippen LogP contribution in [-0.2, 0) is 0 Å². The molecule has 2 heteroatoms. The summed E-state index contributed by atoms with van der Waals surface area (Å²) in [6.07, 6.45) is 6.88. The molecular weight excluding hydrogens is 256 g/mol. The molecule has 0 bridgehead atoms. The molecule has 1 aliphatic carbocycles. The fraction of sp³-hybridized carbons (Fsp3) is 0.684. The number of hydrogen-bond donors (Lipinski definition) is 1. The molecule has 2 nitrogen and oxygen atoms in total. The second kappa shape index (κ2) is 8.55. The van der Waals surface area contributed by atoms with Gasteiger partial charge in [0.2, 0.25) is 0 Å². The normalized spacial score (nSPS) is 17.5. The Bertz CT molecular complexity index is 393. The molecule has 1 atom stereocenters. The van der Waals surface area contributed by atoms with Crippen molar-refractivity contribution in [3.63, 3.8) is 0 Å². The van der Waals surface area contributed by atoms with Gasteiger partial charge in [0.05, 0.1) is 0 Å². The van der Waals surface area contributed by atoms with Crippen LogP contribution >= 0.6 is 0 Å². The number of nitrogens with zero attached hydrogens (tertiary/aromatic N) is 1. The van der Waals surface area contributed by atoms with Crippen LogP contribution in [0, 0.1) is 6.92 Å². The third-order valence-electron chi connectivity index (χ3n) is 4.88. The average molecular weight is 288 g/mol. The number of rotatable bonds is 8. The molecule has 1 fully saturated rings. The van der Waals surface area contributed by atoms with Crippen LogP contribution in [0.1, 0.15) is 63.1 Å². The van der Waals surface area contributed by atoms with Crippen molar-refractivity contribution in [2.75, 3.05) is 19.6 Å². The minimum atomic E-state index is 0.492. The summed E-state index contributed by atoms with van der Waals surface area (Å²) in [5.74, 6) is 0. The molecule has 1 aliphatic rings. The van der Waals surface area contributed by atoms with Gasteiger partial charge in [0, 0.05) is 18.6 Å². The van der Waals surface area contributed by atoms with Crippen LogP contribution in [0.3, 0.4) is 0 Å². The van der Waals surface area contributed by atoms with Crippen LogP contribution < -0.4 is 5.32 Å². The molecule has 1 unspecified atom stereocenters. The van der Waals surface area contributed by atoms with E-state index in [1.807, 2.05) is 0 Å². The van der Waals surface area contributed by atoms with E-state index in [0.717, 1.165) is 12.6 Å². The van der Waals surface area contributed by atoms with E-state index < -0.39 is 0 Å². The van der Waals surface area contributed by atoms with Crippen molar-refractivity contribution < 1.29 is 0 Å². The predicted molar refractivity (Wildman–Crippen MR) is 91.7 cm³/mol. The van der Waals surface area contributed by atoms with Gasteiger partial charge in [-0.1, -0.05) is 56.5 Å². The lowest BCUT2D eigenvalue weighted by molar-refractivity contribution is 0.198. The fourth-order valence-corrected chi connectivity index (χ4v) is 3.59. The monoisotopic (exact) mass is 288 g/mol. The molecule has 1 N–H and O–H groups in total. The van der Waals surface area contributed by atoms with Gasteiger partial charge >= 0.3 is 0 Å². The second-order valence-corrected chi connectivity index (χ2v) is 6.38. The third-order valence-corrected chi connectivity index (χ3v) is 4.88. The summed E-state index contributed by atoms with van der Waals surface area (Å²) < 4.78 is 0. The maximum absolute atomic E-state index is 3.66. The minimum Gasteiger partial charge on any atom is -0.310 e. The van der Waals surface area contributed by atoms with E-state index in [1.165, 1.54) is 56.3 Å². The first-order valence-corrected chi connectivity index (χ1v) is 8.78. The Morgan fingerprint density at radius 1 is 1.14 bits per heavy atom. The van der Waals surface area contributed by atoms with Crippen molar-refractivity contribution in [2.24, 2.45) is 0 Å². The topological polar surface area (TPSA) is 15.3 Å². The largest absolute Gasteiger partial charge is 0.310 e. The van der Waals surface area contributed by atoms with Crippen LogP contribution in [-0.4, -0.2) is 30.6 Å². The number of benzene rings is 1. The number of aryl methyl sites for hydroxylation is 1. The maximum atomic E-state index is 3.66. The van der Waals surface area contributed by atoms with E-state index in [2.05, 4.69) is 55.3 Å². The molecule has 0 aliphatic heterocycles. The minimum absolute atomic E-state index is 0.492. The van der Waals surface area contributed by atoms with Gasteiger partial charge in [-0.05, 0) is 44.8 Å². The van der Waals surface area contributed by atoms with E-state index >= 15 is 0 Å². The Hall–Kier alpha value is -0.860. The van der Waals surface area contributed by atoms with Gasteiger partial charge in [0.1, 0.15) is 0 Å². The van der Waals surface area contributed by atoms with Gasteiger partial charge in [-0.3, -0.25) is 0 Å². The Balaban J connectivity index is 1.93. The number of hydrogen-bond acceptors (Lipinski definition) is 2. The van der Waals surface area contributed by atoms with E-state index in [4.69, 9.17) is 0 Å². The summed E-state index contributed by atoms with van der Waals surface area (Å²) in [6, 6.07) is 10.4. The van der Waals surface area contributed by atoms with Crippen molar-refractivity contribution in [1.82, 2.24) is 10.2 Å². The molecule has 0 radical (unpaired) electrons. The van der Waals surface area contributed by atoms with Gasteiger partial charge < -0.3 is 10.2 Å². The summed E-state index contributed by atoms with van der Waals surface area (Å²) in [5.41, 5.74) is 2.78. The summed E-state index contributed by atoms with van der Waals surface area (Å²) >= 11 is 0. The van der Waals surface area contributed by atoms with E-state index in [-0.39, 0.29) is 0 Å². The zero-order chi connectivity index (χ0) is 15.1. The quantitative estimate of drug-likeness (QED) is 0.767. The molecule has 0 amide bonds. The zero-order valence-corrected chi connectivity index (χ0v) is 14.1. The van der Waals surface area contributed by atoms with Crippen LogP contribution in [0.25, 0.3) is 0 Å². The van der Waals surface area contributed by atoms with Crippen molar-refractivity contribution in [3.05, 3.63) is 35.4 Å². The standard InChI is InChI=1S/C19H32N2/c1-4-20-19(17-12-10-16(3)11-13-17)14-15-21(5-2)18-8-6-7-9-18/h10-13,18-20H,4-9,14-15H2,1-3H3. The van der Waals surface area contributed by atoms with Gasteiger partial charge in [0.25, 0.3) is 0 Å². The molecule has 1 saturated carbocycles. The highest BCUT2D eigenvalue weighted by molar-refractivity contribution is 5.24. The molecule has 0 spiro atoms. The summed E-state index contributed by atoms with van der Waals surface area (Å²) in [4.78, 5) is 2.70. The summed E-state index contributed by atoms with van der Waals surface area (Å²) in [5, 5.41) is 3.66. The SMILES string of the molecule is CCNC(CCN(CC)C1CCCC1)c1ccc(C)cc1. The lowest BCUT2D eigenvalue weighted by Crippen LogP contribution is -2.36. The van der Waals surface area contributed by atoms with Crippen LogP contribution in [0.5, 0.6) is 0 Å². The number of nitrogens with one attached hydrogen (secondary N) is 1. The third kappa shape index (κ3) is 4.82. The van der Waals surface area contributed by atoms with Crippen LogP contribution in [0.15, 0.2) is 24.3 Å². The fourth-order valence-electron chi connectivity index (χ4n) is 3.59. The molecule has 0 saturated heterocycles. The van der Waals surface area contributed by atoms with E-state index in [1.54, 1.807) is 0 Å². The van der Waals surface area contributed by atoms with Crippen molar-refractivity contribution in [3.8, 4) is 0 Å². The van der Waals surface area contributed by atoms with Gasteiger partial charge in [-0.15, -0.1) is 0 Å². The molecule has 2 rings (SSSR count). The van der Waals surface area contributed by atoms with E-state index in [0.29, 0.717) is 6.04 Å². The highest BCUT2D eigenvalue weighted by atomic mass is 15.2. The van der Waals surface area contributed by atoms with Gasteiger partial charge in [-0.2, -0.15) is 0 Å². The lowest BCUT2D eigenvalue weighted by Gasteiger charge is -2.29. The van der Waals surface area contributed by atoms with Crippen molar-refractivity contribution >= 4 is 0 Å². The van der Waals surface area contributed by atoms with Crippen LogP contribution in [0.4, 0.5) is 0 Å². The average Bonchev–Trinajstić information content (AvgIpc) is 3.02. The molecule has 21 heavy (non-hydrogen) atoms. The van der Waals surface area contributed by atoms with E-state index in [9.17, 15) is 0 Å². The first-order chi connectivity index (χ1) is 10.2. The first kappa shape index (κ1) is 16.5. The summed E-state index contributed by atoms with van der Waals surface area (Å²) in [6.45, 7) is 10.1. The Labute approximate surface area is 130 Å². The molecule has 0 aromatic heterocycles.